The molecule has 2 heterocycles. The van der Waals surface area contributed by atoms with Crippen molar-refractivity contribution in [3.63, 3.8) is 0 Å². The lowest BCUT2D eigenvalue weighted by Crippen LogP contribution is -2.36. The zero-order valence-electron chi connectivity index (χ0n) is 13.1. The Kier molecular flexibility index (Phi) is 3.58. The highest BCUT2D eigenvalue weighted by Crippen LogP contribution is 2.30. The number of nitrogens with zero attached hydrogens (tertiary/aromatic N) is 3. The van der Waals surface area contributed by atoms with E-state index in [0.29, 0.717) is 11.6 Å². The lowest BCUT2D eigenvalue weighted by molar-refractivity contribution is 0.302. The van der Waals surface area contributed by atoms with Crippen molar-refractivity contribution in [2.75, 3.05) is 17.7 Å². The van der Waals surface area contributed by atoms with Crippen molar-refractivity contribution in [2.45, 2.75) is 46.6 Å². The largest absolute Gasteiger partial charge is 0.363 e. The summed E-state index contributed by atoms with van der Waals surface area (Å²) in [5, 5.41) is 6.48. The molecular weight excluding hydrogens is 252 g/mol. The Morgan fingerprint density at radius 2 is 1.85 bits per heavy atom. The first-order chi connectivity index (χ1) is 9.20. The summed E-state index contributed by atoms with van der Waals surface area (Å²) in [6.07, 6.45) is 2.66. The molecule has 0 aliphatic carbocycles. The summed E-state index contributed by atoms with van der Waals surface area (Å²) in [7, 11) is 1.80. The SMILES string of the molecule is CNc1nc(NC(C)(C)CC(C)(C)C)c2[nH]cnc2n1. The Balaban J connectivity index is 2.35. The lowest BCUT2D eigenvalue weighted by atomic mass is 9.82. The number of aromatic nitrogens is 4. The number of hydrogen-bond donors (Lipinski definition) is 3. The number of rotatable bonds is 4. The highest BCUT2D eigenvalue weighted by molar-refractivity contribution is 5.83. The third-order valence-electron chi connectivity index (χ3n) is 2.94. The molecule has 0 bridgehead atoms. The Hall–Kier alpha value is -1.85. The van der Waals surface area contributed by atoms with Gasteiger partial charge in [0.25, 0.3) is 0 Å². The third kappa shape index (κ3) is 3.37. The number of imidazole rings is 1. The van der Waals surface area contributed by atoms with Crippen LogP contribution in [0.1, 0.15) is 41.0 Å². The molecule has 0 atom stereocenters. The van der Waals surface area contributed by atoms with Crippen LogP contribution in [0.3, 0.4) is 0 Å². The molecule has 0 aliphatic heterocycles. The smallest absolute Gasteiger partial charge is 0.226 e. The van der Waals surface area contributed by atoms with Gasteiger partial charge >= 0.3 is 0 Å². The van der Waals surface area contributed by atoms with Gasteiger partial charge < -0.3 is 15.6 Å². The molecule has 0 aliphatic rings. The fraction of sp³-hybridized carbons (Fsp3) is 0.643. The summed E-state index contributed by atoms with van der Waals surface area (Å²) in [4.78, 5) is 16.1. The van der Waals surface area contributed by atoms with Crippen molar-refractivity contribution in [1.82, 2.24) is 19.9 Å². The molecule has 6 heteroatoms. The molecule has 0 aromatic carbocycles. The number of anilines is 2. The van der Waals surface area contributed by atoms with Crippen molar-refractivity contribution in [3.8, 4) is 0 Å². The van der Waals surface area contributed by atoms with E-state index in [0.717, 1.165) is 17.8 Å². The predicted octanol–water partition coefficient (Wildman–Crippen LogP) is 3.02. The summed E-state index contributed by atoms with van der Waals surface area (Å²) in [5.74, 6) is 1.35. The summed E-state index contributed by atoms with van der Waals surface area (Å²) in [6, 6.07) is 0. The van der Waals surface area contributed by atoms with Crippen molar-refractivity contribution in [2.24, 2.45) is 5.41 Å². The monoisotopic (exact) mass is 276 g/mol. The standard InChI is InChI=1S/C14H24N6/c1-13(2,3)7-14(4,5)20-11-9-10(17-8-16-9)18-12(15-6)19-11/h8H,7H2,1-6H3,(H3,15,16,17,18,19,20). The molecule has 110 valence electrons. The maximum Gasteiger partial charge on any atom is 0.226 e. The number of nitrogens with one attached hydrogen (secondary N) is 3. The van der Waals surface area contributed by atoms with Gasteiger partial charge in [0.05, 0.1) is 6.33 Å². The van der Waals surface area contributed by atoms with Gasteiger partial charge in [-0.15, -0.1) is 0 Å². The van der Waals surface area contributed by atoms with E-state index in [1.807, 2.05) is 0 Å². The molecule has 3 N–H and O–H groups in total. The zero-order chi connectivity index (χ0) is 15.0. The maximum absolute atomic E-state index is 4.50. The second-order valence-electron chi connectivity index (χ2n) is 6.99. The topological polar surface area (TPSA) is 78.5 Å². The summed E-state index contributed by atoms with van der Waals surface area (Å²) in [5.41, 5.74) is 1.67. The third-order valence-corrected chi connectivity index (χ3v) is 2.94. The van der Waals surface area contributed by atoms with Gasteiger partial charge in [-0.25, -0.2) is 4.98 Å². The summed E-state index contributed by atoms with van der Waals surface area (Å²) >= 11 is 0. The van der Waals surface area contributed by atoms with Gasteiger partial charge in [-0.1, -0.05) is 20.8 Å². The molecule has 0 fully saturated rings. The molecule has 0 unspecified atom stereocenters. The predicted molar refractivity (Wildman–Crippen MR) is 83.0 cm³/mol. The molecule has 0 spiro atoms. The van der Waals surface area contributed by atoms with Crippen LogP contribution < -0.4 is 10.6 Å². The molecule has 0 saturated carbocycles. The van der Waals surface area contributed by atoms with E-state index in [9.17, 15) is 0 Å². The van der Waals surface area contributed by atoms with E-state index in [-0.39, 0.29) is 11.0 Å². The second kappa shape index (κ2) is 4.92. The van der Waals surface area contributed by atoms with Crippen LogP contribution in [0, 0.1) is 5.41 Å². The molecular formula is C14H24N6. The van der Waals surface area contributed by atoms with E-state index >= 15 is 0 Å². The first-order valence-electron chi connectivity index (χ1n) is 6.87. The Bertz CT molecular complexity index is 593. The normalized spacial score (nSPS) is 12.7. The fourth-order valence-electron chi connectivity index (χ4n) is 2.73. The van der Waals surface area contributed by atoms with Crippen LogP contribution in [0.25, 0.3) is 11.2 Å². The van der Waals surface area contributed by atoms with Gasteiger partial charge in [-0.3, -0.25) is 0 Å². The van der Waals surface area contributed by atoms with Crippen molar-refractivity contribution < 1.29 is 0 Å². The fourth-order valence-corrected chi connectivity index (χ4v) is 2.73. The number of hydrogen-bond acceptors (Lipinski definition) is 5. The minimum Gasteiger partial charge on any atom is -0.363 e. The molecule has 2 aromatic rings. The van der Waals surface area contributed by atoms with Crippen LogP contribution in [-0.4, -0.2) is 32.5 Å². The van der Waals surface area contributed by atoms with Crippen LogP contribution in [0.15, 0.2) is 6.33 Å². The lowest BCUT2D eigenvalue weighted by Gasteiger charge is -2.33. The molecule has 2 rings (SSSR count). The van der Waals surface area contributed by atoms with E-state index in [4.69, 9.17) is 0 Å². The van der Waals surface area contributed by atoms with Crippen molar-refractivity contribution in [1.29, 1.82) is 0 Å². The van der Waals surface area contributed by atoms with Crippen LogP contribution >= 0.6 is 0 Å². The quantitative estimate of drug-likeness (QED) is 0.800. The van der Waals surface area contributed by atoms with Crippen LogP contribution in [0.2, 0.25) is 0 Å². The van der Waals surface area contributed by atoms with E-state index < -0.39 is 0 Å². The van der Waals surface area contributed by atoms with Gasteiger partial charge in [-0.05, 0) is 25.7 Å². The molecule has 0 amide bonds. The Morgan fingerprint density at radius 1 is 1.15 bits per heavy atom. The summed E-state index contributed by atoms with van der Waals surface area (Å²) < 4.78 is 0. The number of H-pyrrole nitrogens is 1. The highest BCUT2D eigenvalue weighted by atomic mass is 15.2. The molecule has 0 saturated heterocycles. The average Bonchev–Trinajstić information content (AvgIpc) is 2.72. The number of aromatic amines is 1. The summed E-state index contributed by atoms with van der Waals surface area (Å²) in [6.45, 7) is 11.1. The Morgan fingerprint density at radius 3 is 2.45 bits per heavy atom. The first kappa shape index (κ1) is 14.6. The second-order valence-corrected chi connectivity index (χ2v) is 6.99. The van der Waals surface area contributed by atoms with E-state index in [1.165, 1.54) is 0 Å². The molecule has 0 radical (unpaired) electrons. The highest BCUT2D eigenvalue weighted by Gasteiger charge is 2.26. The van der Waals surface area contributed by atoms with Gasteiger partial charge in [-0.2, -0.15) is 9.97 Å². The van der Waals surface area contributed by atoms with Crippen LogP contribution in [0.4, 0.5) is 11.8 Å². The zero-order valence-corrected chi connectivity index (χ0v) is 13.1. The van der Waals surface area contributed by atoms with Crippen molar-refractivity contribution >= 4 is 22.9 Å². The van der Waals surface area contributed by atoms with Crippen LogP contribution in [-0.2, 0) is 0 Å². The van der Waals surface area contributed by atoms with E-state index in [1.54, 1.807) is 13.4 Å². The number of fused-ring (bicyclic) bond motifs is 1. The minimum atomic E-state index is -0.0738. The van der Waals surface area contributed by atoms with Crippen molar-refractivity contribution in [3.05, 3.63) is 6.33 Å². The van der Waals surface area contributed by atoms with Gasteiger partial charge in [0.2, 0.25) is 5.95 Å². The molecule has 6 nitrogen and oxygen atoms in total. The maximum atomic E-state index is 4.50. The van der Waals surface area contributed by atoms with Gasteiger partial charge in [0.1, 0.15) is 5.52 Å². The van der Waals surface area contributed by atoms with Gasteiger partial charge in [0, 0.05) is 12.6 Å². The molecule has 20 heavy (non-hydrogen) atoms. The Labute approximate surface area is 119 Å². The van der Waals surface area contributed by atoms with Crippen LogP contribution in [0.5, 0.6) is 0 Å². The molecule has 2 aromatic heterocycles. The average molecular weight is 276 g/mol. The first-order valence-corrected chi connectivity index (χ1v) is 6.87. The van der Waals surface area contributed by atoms with Gasteiger partial charge in [0.15, 0.2) is 11.5 Å². The van der Waals surface area contributed by atoms with E-state index in [2.05, 4.69) is 65.2 Å². The minimum absolute atomic E-state index is 0.0738.